The molecule has 2 nitrogen and oxygen atoms in total. The Labute approximate surface area is 109 Å². The van der Waals surface area contributed by atoms with E-state index in [1.165, 1.54) is 32.1 Å². The van der Waals surface area contributed by atoms with Crippen LogP contribution in [0.15, 0.2) is 18.2 Å². The minimum absolute atomic E-state index is 0.0958. The molecule has 1 fully saturated rings. The summed E-state index contributed by atoms with van der Waals surface area (Å²) in [5.74, 6) is -0.0958. The summed E-state index contributed by atoms with van der Waals surface area (Å²) in [4.78, 5) is 2.20. The number of hydrogen-bond acceptors (Lipinski definition) is 2. The summed E-state index contributed by atoms with van der Waals surface area (Å²) in [5.41, 5.74) is 7.25. The van der Waals surface area contributed by atoms with Crippen LogP contribution < -0.4 is 10.6 Å². The first kappa shape index (κ1) is 13.3. The van der Waals surface area contributed by atoms with Crippen molar-refractivity contribution in [2.45, 2.75) is 38.5 Å². The Bertz CT molecular complexity index is 371. The molecule has 0 amide bonds. The maximum atomic E-state index is 14.1. The van der Waals surface area contributed by atoms with Crippen molar-refractivity contribution in [2.24, 2.45) is 5.73 Å². The van der Waals surface area contributed by atoms with Gasteiger partial charge in [-0.1, -0.05) is 25.3 Å². The van der Waals surface area contributed by atoms with Gasteiger partial charge >= 0.3 is 0 Å². The molecule has 1 aromatic carbocycles. The van der Waals surface area contributed by atoms with Gasteiger partial charge in [0.1, 0.15) is 5.82 Å². The number of rotatable bonds is 3. The maximum absolute atomic E-state index is 14.1. The van der Waals surface area contributed by atoms with Gasteiger partial charge < -0.3 is 10.6 Å². The molecular formula is C15H23FN2. The van der Waals surface area contributed by atoms with Crippen molar-refractivity contribution in [1.29, 1.82) is 0 Å². The third-order valence-corrected chi connectivity index (χ3v) is 3.64. The molecule has 2 N–H and O–H groups in total. The first-order chi connectivity index (χ1) is 8.81. The van der Waals surface area contributed by atoms with E-state index in [4.69, 9.17) is 5.73 Å². The number of nitrogens with zero attached hydrogens (tertiary/aromatic N) is 1. The third kappa shape index (κ3) is 3.45. The summed E-state index contributed by atoms with van der Waals surface area (Å²) in [6, 6.07) is 5.56. The van der Waals surface area contributed by atoms with Gasteiger partial charge in [-0.2, -0.15) is 0 Å². The normalized spacial score (nSPS) is 17.3. The first-order valence-corrected chi connectivity index (χ1v) is 7.04. The summed E-state index contributed by atoms with van der Waals surface area (Å²) in [5, 5.41) is 0. The van der Waals surface area contributed by atoms with Crippen LogP contribution in [-0.2, 0) is 6.42 Å². The molecule has 100 valence electrons. The molecule has 1 aromatic rings. The van der Waals surface area contributed by atoms with Gasteiger partial charge in [0.05, 0.1) is 5.69 Å². The molecule has 1 aliphatic heterocycles. The number of benzene rings is 1. The third-order valence-electron chi connectivity index (χ3n) is 3.64. The van der Waals surface area contributed by atoms with Gasteiger partial charge in [0, 0.05) is 13.1 Å². The standard InChI is InChI=1S/C15H23FN2/c16-14-12-13(8-9-17)6-7-15(14)18-10-4-2-1-3-5-11-18/h6-7,12H,1-5,8-11,17H2. The highest BCUT2D eigenvalue weighted by atomic mass is 19.1. The van der Waals surface area contributed by atoms with E-state index in [-0.39, 0.29) is 5.82 Å². The van der Waals surface area contributed by atoms with Crippen LogP contribution in [0.3, 0.4) is 0 Å². The monoisotopic (exact) mass is 250 g/mol. The Morgan fingerprint density at radius 3 is 2.33 bits per heavy atom. The lowest BCUT2D eigenvalue weighted by molar-refractivity contribution is 0.544. The molecule has 0 radical (unpaired) electrons. The maximum Gasteiger partial charge on any atom is 0.146 e. The molecule has 0 aliphatic carbocycles. The molecule has 18 heavy (non-hydrogen) atoms. The van der Waals surface area contributed by atoms with Crippen molar-refractivity contribution in [3.05, 3.63) is 29.6 Å². The molecule has 0 spiro atoms. The smallest absolute Gasteiger partial charge is 0.146 e. The van der Waals surface area contributed by atoms with Crippen LogP contribution in [0.4, 0.5) is 10.1 Å². The van der Waals surface area contributed by atoms with Crippen molar-refractivity contribution in [2.75, 3.05) is 24.5 Å². The van der Waals surface area contributed by atoms with Gasteiger partial charge in [0.25, 0.3) is 0 Å². The molecule has 0 saturated carbocycles. The van der Waals surface area contributed by atoms with E-state index in [1.807, 2.05) is 12.1 Å². The summed E-state index contributed by atoms with van der Waals surface area (Å²) in [7, 11) is 0. The quantitative estimate of drug-likeness (QED) is 0.893. The van der Waals surface area contributed by atoms with Crippen LogP contribution in [0.1, 0.15) is 37.7 Å². The highest BCUT2D eigenvalue weighted by Gasteiger charge is 2.13. The number of hydrogen-bond donors (Lipinski definition) is 1. The molecule has 0 atom stereocenters. The average Bonchev–Trinajstić information content (AvgIpc) is 2.30. The fourth-order valence-electron chi connectivity index (χ4n) is 2.62. The van der Waals surface area contributed by atoms with Crippen molar-refractivity contribution < 1.29 is 4.39 Å². The summed E-state index contributed by atoms with van der Waals surface area (Å²) < 4.78 is 14.1. The number of nitrogens with two attached hydrogens (primary N) is 1. The number of anilines is 1. The Balaban J connectivity index is 2.10. The topological polar surface area (TPSA) is 29.3 Å². The van der Waals surface area contributed by atoms with Gasteiger partial charge in [-0.3, -0.25) is 0 Å². The molecule has 3 heteroatoms. The van der Waals surface area contributed by atoms with Gasteiger partial charge in [0.15, 0.2) is 0 Å². The fraction of sp³-hybridized carbons (Fsp3) is 0.600. The Morgan fingerprint density at radius 2 is 1.72 bits per heavy atom. The molecule has 1 aliphatic rings. The Morgan fingerprint density at radius 1 is 1.06 bits per heavy atom. The van der Waals surface area contributed by atoms with E-state index >= 15 is 0 Å². The van der Waals surface area contributed by atoms with E-state index in [0.717, 1.165) is 30.8 Å². The predicted octanol–water partition coefficient (Wildman–Crippen LogP) is 3.10. The average molecular weight is 250 g/mol. The van der Waals surface area contributed by atoms with E-state index in [9.17, 15) is 4.39 Å². The lowest BCUT2D eigenvalue weighted by Gasteiger charge is -2.27. The minimum Gasteiger partial charge on any atom is -0.369 e. The van der Waals surface area contributed by atoms with Gasteiger partial charge in [-0.05, 0) is 43.5 Å². The molecule has 0 bridgehead atoms. The van der Waals surface area contributed by atoms with Crippen molar-refractivity contribution in [1.82, 2.24) is 0 Å². The minimum atomic E-state index is -0.0958. The van der Waals surface area contributed by atoms with Crippen LogP contribution in [0.25, 0.3) is 0 Å². The van der Waals surface area contributed by atoms with Crippen LogP contribution in [0.5, 0.6) is 0 Å². The second kappa shape index (κ2) is 6.74. The molecule has 0 aromatic heterocycles. The Kier molecular flexibility index (Phi) is 5.00. The van der Waals surface area contributed by atoms with Crippen LogP contribution in [-0.4, -0.2) is 19.6 Å². The zero-order valence-corrected chi connectivity index (χ0v) is 11.0. The molecule has 1 heterocycles. The highest BCUT2D eigenvalue weighted by molar-refractivity contribution is 5.49. The van der Waals surface area contributed by atoms with Crippen molar-refractivity contribution in [3.63, 3.8) is 0 Å². The van der Waals surface area contributed by atoms with E-state index in [2.05, 4.69) is 4.90 Å². The molecule has 0 unspecified atom stereocenters. The van der Waals surface area contributed by atoms with Crippen molar-refractivity contribution in [3.8, 4) is 0 Å². The summed E-state index contributed by atoms with van der Waals surface area (Å²) in [6.07, 6.45) is 6.95. The molecule has 2 rings (SSSR count). The van der Waals surface area contributed by atoms with Gasteiger partial charge in [-0.15, -0.1) is 0 Å². The summed E-state index contributed by atoms with van der Waals surface area (Å²) in [6.45, 7) is 2.53. The van der Waals surface area contributed by atoms with Crippen LogP contribution >= 0.6 is 0 Å². The SMILES string of the molecule is NCCc1ccc(N2CCCCCCC2)c(F)c1. The number of halogens is 1. The van der Waals surface area contributed by atoms with Crippen LogP contribution in [0, 0.1) is 5.82 Å². The van der Waals surface area contributed by atoms with E-state index in [1.54, 1.807) is 6.07 Å². The predicted molar refractivity (Wildman–Crippen MR) is 74.5 cm³/mol. The van der Waals surface area contributed by atoms with Gasteiger partial charge in [0.2, 0.25) is 0 Å². The fourth-order valence-corrected chi connectivity index (χ4v) is 2.62. The summed E-state index contributed by atoms with van der Waals surface area (Å²) >= 11 is 0. The van der Waals surface area contributed by atoms with E-state index in [0.29, 0.717) is 6.54 Å². The largest absolute Gasteiger partial charge is 0.369 e. The zero-order valence-electron chi connectivity index (χ0n) is 11.0. The second-order valence-corrected chi connectivity index (χ2v) is 5.08. The lowest BCUT2D eigenvalue weighted by atomic mass is 10.1. The first-order valence-electron chi connectivity index (χ1n) is 7.04. The van der Waals surface area contributed by atoms with Crippen molar-refractivity contribution >= 4 is 5.69 Å². The lowest BCUT2D eigenvalue weighted by Crippen LogP contribution is -2.27. The Hall–Kier alpha value is -1.09. The van der Waals surface area contributed by atoms with Crippen LogP contribution in [0.2, 0.25) is 0 Å². The molecular weight excluding hydrogens is 227 g/mol. The zero-order chi connectivity index (χ0) is 12.8. The van der Waals surface area contributed by atoms with Gasteiger partial charge in [-0.25, -0.2) is 4.39 Å². The molecule has 1 saturated heterocycles. The highest BCUT2D eigenvalue weighted by Crippen LogP contribution is 2.23. The second-order valence-electron chi connectivity index (χ2n) is 5.08. The van der Waals surface area contributed by atoms with E-state index < -0.39 is 0 Å².